The summed E-state index contributed by atoms with van der Waals surface area (Å²) in [7, 11) is 0. The van der Waals surface area contributed by atoms with Crippen LogP contribution in [0.15, 0.2) is 24.3 Å². The first-order valence-corrected chi connectivity index (χ1v) is 7.49. The second kappa shape index (κ2) is 7.19. The van der Waals surface area contributed by atoms with E-state index >= 15 is 0 Å². The predicted octanol–water partition coefficient (Wildman–Crippen LogP) is 3.45. The normalized spacial score (nSPS) is 15.1. The first-order valence-electron chi connectivity index (χ1n) is 7.49. The number of benzene rings is 1. The number of hydrogen-bond acceptors (Lipinski definition) is 2. The maximum Gasteiger partial charge on any atom is 0.123 e. The molecule has 0 fully saturated rings. The van der Waals surface area contributed by atoms with Crippen LogP contribution in [0.25, 0.3) is 0 Å². The quantitative estimate of drug-likeness (QED) is 0.829. The second-order valence-electron chi connectivity index (χ2n) is 6.64. The Balaban J connectivity index is 2.95. The highest BCUT2D eigenvalue weighted by atomic mass is 19.1. The van der Waals surface area contributed by atoms with Crippen molar-refractivity contribution < 1.29 is 4.39 Å². The van der Waals surface area contributed by atoms with Gasteiger partial charge in [0.05, 0.1) is 0 Å². The van der Waals surface area contributed by atoms with Crippen molar-refractivity contribution in [1.82, 2.24) is 4.90 Å². The average Bonchev–Trinajstić information content (AvgIpc) is 2.38. The lowest BCUT2D eigenvalue weighted by Crippen LogP contribution is -2.57. The van der Waals surface area contributed by atoms with E-state index in [1.165, 1.54) is 12.1 Å². The van der Waals surface area contributed by atoms with Gasteiger partial charge in [0.15, 0.2) is 0 Å². The summed E-state index contributed by atoms with van der Waals surface area (Å²) >= 11 is 0. The molecule has 114 valence electrons. The fourth-order valence-corrected chi connectivity index (χ4v) is 2.78. The third-order valence-electron chi connectivity index (χ3n) is 3.82. The Kier molecular flexibility index (Phi) is 6.15. The average molecular weight is 280 g/mol. The highest BCUT2D eigenvalue weighted by molar-refractivity contribution is 5.19. The summed E-state index contributed by atoms with van der Waals surface area (Å²) in [5.74, 6) is 0.405. The van der Waals surface area contributed by atoms with E-state index in [9.17, 15) is 4.39 Å². The molecule has 20 heavy (non-hydrogen) atoms. The van der Waals surface area contributed by atoms with Crippen LogP contribution in [0.3, 0.4) is 0 Å². The van der Waals surface area contributed by atoms with E-state index < -0.39 is 0 Å². The van der Waals surface area contributed by atoms with Crippen molar-refractivity contribution in [2.24, 2.45) is 11.7 Å². The molecule has 0 radical (unpaired) electrons. The van der Waals surface area contributed by atoms with Crippen molar-refractivity contribution in [1.29, 1.82) is 0 Å². The molecule has 3 heteroatoms. The van der Waals surface area contributed by atoms with Crippen LogP contribution >= 0.6 is 0 Å². The Morgan fingerprint density at radius 2 is 1.70 bits per heavy atom. The molecule has 1 aromatic rings. The van der Waals surface area contributed by atoms with E-state index in [1.807, 2.05) is 12.1 Å². The highest BCUT2D eigenvalue weighted by Crippen LogP contribution is 2.24. The highest BCUT2D eigenvalue weighted by Gasteiger charge is 2.32. The van der Waals surface area contributed by atoms with Crippen LogP contribution < -0.4 is 5.73 Å². The fraction of sp³-hybridized carbons (Fsp3) is 0.647. The van der Waals surface area contributed by atoms with Crippen molar-refractivity contribution in [3.8, 4) is 0 Å². The first kappa shape index (κ1) is 17.1. The van der Waals surface area contributed by atoms with Gasteiger partial charge in [-0.3, -0.25) is 4.90 Å². The van der Waals surface area contributed by atoms with E-state index in [0.717, 1.165) is 18.5 Å². The van der Waals surface area contributed by atoms with Crippen LogP contribution in [0.4, 0.5) is 4.39 Å². The molecule has 0 bridgehead atoms. The third-order valence-corrected chi connectivity index (χ3v) is 3.82. The molecule has 0 amide bonds. The predicted molar refractivity (Wildman–Crippen MR) is 84.2 cm³/mol. The topological polar surface area (TPSA) is 29.3 Å². The Hall–Kier alpha value is -0.930. The molecular formula is C17H29FN2. The van der Waals surface area contributed by atoms with Crippen LogP contribution in [-0.2, 0) is 6.42 Å². The zero-order valence-corrected chi connectivity index (χ0v) is 13.5. The summed E-state index contributed by atoms with van der Waals surface area (Å²) in [4.78, 5) is 2.47. The number of hydrogen-bond donors (Lipinski definition) is 1. The minimum absolute atomic E-state index is 0.101. The summed E-state index contributed by atoms with van der Waals surface area (Å²) in [5, 5.41) is 0. The molecule has 1 rings (SSSR count). The number of nitrogens with two attached hydrogens (primary N) is 1. The maximum absolute atomic E-state index is 13.0. The Bertz CT molecular complexity index is 400. The zero-order chi connectivity index (χ0) is 15.3. The molecule has 0 saturated heterocycles. The molecule has 1 aromatic carbocycles. The van der Waals surface area contributed by atoms with Crippen molar-refractivity contribution in [2.45, 2.75) is 52.6 Å². The molecule has 1 unspecified atom stereocenters. The summed E-state index contributed by atoms with van der Waals surface area (Å²) in [5.41, 5.74) is 7.12. The largest absolute Gasteiger partial charge is 0.329 e. The van der Waals surface area contributed by atoms with Gasteiger partial charge in [0, 0.05) is 24.7 Å². The Morgan fingerprint density at radius 3 is 2.10 bits per heavy atom. The van der Waals surface area contributed by atoms with Gasteiger partial charge in [-0.2, -0.15) is 0 Å². The van der Waals surface area contributed by atoms with Crippen molar-refractivity contribution in [3.05, 3.63) is 35.6 Å². The number of halogens is 1. The first-order chi connectivity index (χ1) is 9.28. The third kappa shape index (κ3) is 4.57. The standard InChI is InChI=1S/C17H29FN2/c1-13(2)11-20(14(3)4)17(5,12-19)10-15-6-8-16(18)9-7-15/h6-9,13-14H,10-12,19H2,1-5H3. The Labute approximate surface area is 123 Å². The Morgan fingerprint density at radius 1 is 1.15 bits per heavy atom. The van der Waals surface area contributed by atoms with Gasteiger partial charge in [0.1, 0.15) is 5.82 Å². The van der Waals surface area contributed by atoms with E-state index in [1.54, 1.807) is 0 Å². The summed E-state index contributed by atoms with van der Waals surface area (Å²) in [6, 6.07) is 7.20. The molecule has 2 nitrogen and oxygen atoms in total. The van der Waals surface area contributed by atoms with Crippen LogP contribution in [-0.4, -0.2) is 29.6 Å². The summed E-state index contributed by atoms with van der Waals surface area (Å²) < 4.78 is 13.0. The molecule has 1 atom stereocenters. The molecule has 0 aliphatic rings. The lowest BCUT2D eigenvalue weighted by Gasteiger charge is -2.44. The monoisotopic (exact) mass is 280 g/mol. The fourth-order valence-electron chi connectivity index (χ4n) is 2.78. The van der Waals surface area contributed by atoms with E-state index in [4.69, 9.17) is 5.73 Å². The van der Waals surface area contributed by atoms with Crippen LogP contribution in [0.2, 0.25) is 0 Å². The van der Waals surface area contributed by atoms with Gasteiger partial charge < -0.3 is 5.73 Å². The van der Waals surface area contributed by atoms with Gasteiger partial charge in [-0.05, 0) is 50.8 Å². The van der Waals surface area contributed by atoms with Crippen LogP contribution in [0, 0.1) is 11.7 Å². The second-order valence-corrected chi connectivity index (χ2v) is 6.64. The smallest absolute Gasteiger partial charge is 0.123 e. The molecule has 2 N–H and O–H groups in total. The minimum Gasteiger partial charge on any atom is -0.329 e. The minimum atomic E-state index is -0.189. The van der Waals surface area contributed by atoms with Crippen molar-refractivity contribution in [2.75, 3.05) is 13.1 Å². The lowest BCUT2D eigenvalue weighted by atomic mass is 9.89. The zero-order valence-electron chi connectivity index (χ0n) is 13.5. The van der Waals surface area contributed by atoms with Crippen LogP contribution in [0.5, 0.6) is 0 Å². The molecule has 0 aliphatic carbocycles. The van der Waals surface area contributed by atoms with Crippen LogP contribution in [0.1, 0.15) is 40.2 Å². The van der Waals surface area contributed by atoms with Gasteiger partial charge in [-0.15, -0.1) is 0 Å². The van der Waals surface area contributed by atoms with Crippen molar-refractivity contribution in [3.63, 3.8) is 0 Å². The van der Waals surface area contributed by atoms with Crippen molar-refractivity contribution >= 4 is 0 Å². The van der Waals surface area contributed by atoms with Gasteiger partial charge in [0.25, 0.3) is 0 Å². The van der Waals surface area contributed by atoms with E-state index in [-0.39, 0.29) is 11.4 Å². The summed E-state index contributed by atoms with van der Waals surface area (Å²) in [6.07, 6.45) is 0.842. The molecule has 0 spiro atoms. The molecule has 0 aromatic heterocycles. The van der Waals surface area contributed by atoms with E-state index in [2.05, 4.69) is 39.5 Å². The van der Waals surface area contributed by atoms with Gasteiger partial charge >= 0.3 is 0 Å². The van der Waals surface area contributed by atoms with Gasteiger partial charge in [0.2, 0.25) is 0 Å². The SMILES string of the molecule is CC(C)CN(C(C)C)C(C)(CN)Cc1ccc(F)cc1. The molecule has 0 heterocycles. The number of rotatable bonds is 7. The number of nitrogens with zero attached hydrogens (tertiary/aromatic N) is 1. The lowest BCUT2D eigenvalue weighted by molar-refractivity contribution is 0.0628. The molecule has 0 aliphatic heterocycles. The summed E-state index contributed by atoms with van der Waals surface area (Å²) in [6.45, 7) is 12.7. The molecular weight excluding hydrogens is 251 g/mol. The van der Waals surface area contributed by atoms with Gasteiger partial charge in [-0.25, -0.2) is 4.39 Å². The maximum atomic E-state index is 13.0. The van der Waals surface area contributed by atoms with E-state index in [0.29, 0.717) is 18.5 Å². The molecule has 0 saturated carbocycles. The van der Waals surface area contributed by atoms with Gasteiger partial charge in [-0.1, -0.05) is 26.0 Å².